The molecule has 1 aromatic heterocycles. The Morgan fingerprint density at radius 2 is 2.29 bits per heavy atom. The first-order valence-electron chi connectivity index (χ1n) is 2.19. The zero-order chi connectivity index (χ0) is 5.28. The summed E-state index contributed by atoms with van der Waals surface area (Å²) in [6, 6.07) is 2.07. The molecule has 0 unspecified atom stereocenters. The summed E-state index contributed by atoms with van der Waals surface area (Å²) < 4.78 is 4.06. The molecular formula is C5H7NS. The lowest BCUT2D eigenvalue weighted by Gasteiger charge is -1.67. The first-order valence-corrected chi connectivity index (χ1v) is 2.96. The van der Waals surface area contributed by atoms with Crippen LogP contribution in [0, 0.1) is 13.8 Å². The van der Waals surface area contributed by atoms with Gasteiger partial charge in [-0.05, 0) is 31.4 Å². The van der Waals surface area contributed by atoms with E-state index in [0.717, 1.165) is 5.69 Å². The molecule has 0 aliphatic rings. The summed E-state index contributed by atoms with van der Waals surface area (Å²) in [5.41, 5.74) is 1.13. The van der Waals surface area contributed by atoms with Gasteiger partial charge in [-0.25, -0.2) is 0 Å². The van der Waals surface area contributed by atoms with Crippen molar-refractivity contribution < 1.29 is 0 Å². The van der Waals surface area contributed by atoms with Crippen LogP contribution < -0.4 is 0 Å². The maximum Gasteiger partial charge on any atom is 0.0514 e. The first-order chi connectivity index (χ1) is 3.29. The Kier molecular flexibility index (Phi) is 1.11. The van der Waals surface area contributed by atoms with E-state index in [1.165, 1.54) is 4.88 Å². The molecule has 0 bridgehead atoms. The van der Waals surface area contributed by atoms with Crippen molar-refractivity contribution in [2.24, 2.45) is 0 Å². The smallest absolute Gasteiger partial charge is 0.0514 e. The lowest BCUT2D eigenvalue weighted by Crippen LogP contribution is -1.58. The van der Waals surface area contributed by atoms with Crippen LogP contribution in [0.2, 0.25) is 0 Å². The van der Waals surface area contributed by atoms with Gasteiger partial charge in [0.05, 0.1) is 5.69 Å². The fourth-order valence-corrected chi connectivity index (χ4v) is 1.05. The molecule has 1 rings (SSSR count). The van der Waals surface area contributed by atoms with E-state index >= 15 is 0 Å². The number of hydrogen-bond donors (Lipinski definition) is 0. The fraction of sp³-hybridized carbons (Fsp3) is 0.400. The molecule has 7 heavy (non-hydrogen) atoms. The van der Waals surface area contributed by atoms with Crippen LogP contribution in [0.5, 0.6) is 0 Å². The number of aryl methyl sites for hydroxylation is 2. The van der Waals surface area contributed by atoms with Crippen LogP contribution in [0.25, 0.3) is 0 Å². The van der Waals surface area contributed by atoms with Gasteiger partial charge in [-0.1, -0.05) is 0 Å². The van der Waals surface area contributed by atoms with E-state index in [0.29, 0.717) is 0 Å². The van der Waals surface area contributed by atoms with Gasteiger partial charge in [-0.2, -0.15) is 4.37 Å². The van der Waals surface area contributed by atoms with Gasteiger partial charge in [0.2, 0.25) is 0 Å². The summed E-state index contributed by atoms with van der Waals surface area (Å²) in [5, 5.41) is 0. The van der Waals surface area contributed by atoms with Crippen molar-refractivity contribution in [3.05, 3.63) is 16.6 Å². The summed E-state index contributed by atoms with van der Waals surface area (Å²) in [7, 11) is 0. The van der Waals surface area contributed by atoms with E-state index in [9.17, 15) is 0 Å². The van der Waals surface area contributed by atoms with Crippen molar-refractivity contribution in [1.29, 1.82) is 0 Å². The number of nitrogens with zero attached hydrogens (tertiary/aromatic N) is 1. The maximum absolute atomic E-state index is 4.06. The standard InChI is InChI=1S/C5H7NS/c1-4-3-5(2)7-6-4/h3H,1-2H3. The van der Waals surface area contributed by atoms with Crippen molar-refractivity contribution in [2.45, 2.75) is 13.8 Å². The fourth-order valence-electron chi connectivity index (χ4n) is 0.491. The van der Waals surface area contributed by atoms with Crippen LogP contribution in [0.4, 0.5) is 0 Å². The van der Waals surface area contributed by atoms with E-state index in [1.54, 1.807) is 11.5 Å². The highest BCUT2D eigenvalue weighted by Gasteiger charge is 1.86. The molecule has 0 aliphatic heterocycles. The third kappa shape index (κ3) is 0.996. The summed E-state index contributed by atoms with van der Waals surface area (Å²) in [6.45, 7) is 4.06. The Balaban J connectivity index is 3.04. The average Bonchev–Trinajstić information content (AvgIpc) is 1.87. The largest absolute Gasteiger partial charge is 0.198 e. The molecule has 0 amide bonds. The van der Waals surface area contributed by atoms with Crippen molar-refractivity contribution in [3.8, 4) is 0 Å². The second-order valence-corrected chi connectivity index (χ2v) is 2.59. The van der Waals surface area contributed by atoms with E-state index in [4.69, 9.17) is 0 Å². The Morgan fingerprint density at radius 1 is 1.57 bits per heavy atom. The quantitative estimate of drug-likeness (QED) is 0.499. The molecule has 0 atom stereocenters. The molecule has 0 radical (unpaired) electrons. The van der Waals surface area contributed by atoms with Crippen LogP contribution in [-0.4, -0.2) is 4.37 Å². The Labute approximate surface area is 47.2 Å². The van der Waals surface area contributed by atoms with Crippen LogP contribution >= 0.6 is 11.5 Å². The maximum atomic E-state index is 4.06. The molecule has 0 aromatic carbocycles. The predicted molar refractivity (Wildman–Crippen MR) is 31.6 cm³/mol. The van der Waals surface area contributed by atoms with E-state index < -0.39 is 0 Å². The van der Waals surface area contributed by atoms with E-state index in [1.807, 2.05) is 6.92 Å². The SMILES string of the molecule is Cc1cc(C)sn1. The van der Waals surface area contributed by atoms with E-state index in [2.05, 4.69) is 17.4 Å². The lowest BCUT2D eigenvalue weighted by molar-refractivity contribution is 1.34. The van der Waals surface area contributed by atoms with Gasteiger partial charge < -0.3 is 0 Å². The van der Waals surface area contributed by atoms with Gasteiger partial charge in [0, 0.05) is 4.88 Å². The van der Waals surface area contributed by atoms with Crippen LogP contribution in [0.15, 0.2) is 6.07 Å². The van der Waals surface area contributed by atoms with Gasteiger partial charge in [0.15, 0.2) is 0 Å². The Morgan fingerprint density at radius 3 is 2.43 bits per heavy atom. The van der Waals surface area contributed by atoms with Gasteiger partial charge in [0.1, 0.15) is 0 Å². The van der Waals surface area contributed by atoms with Crippen molar-refractivity contribution in [2.75, 3.05) is 0 Å². The Hall–Kier alpha value is -0.370. The van der Waals surface area contributed by atoms with Gasteiger partial charge in [0.25, 0.3) is 0 Å². The minimum atomic E-state index is 1.13. The molecule has 0 spiro atoms. The lowest BCUT2D eigenvalue weighted by atomic mass is 10.4. The Bertz CT molecular complexity index is 140. The zero-order valence-electron chi connectivity index (χ0n) is 4.43. The third-order valence-corrected chi connectivity index (χ3v) is 1.53. The predicted octanol–water partition coefficient (Wildman–Crippen LogP) is 1.76. The van der Waals surface area contributed by atoms with Gasteiger partial charge in [-0.3, -0.25) is 0 Å². The van der Waals surface area contributed by atoms with Gasteiger partial charge in [-0.15, -0.1) is 0 Å². The summed E-state index contributed by atoms with van der Waals surface area (Å²) in [4.78, 5) is 1.29. The molecule has 1 aromatic rings. The highest BCUT2D eigenvalue weighted by atomic mass is 32.1. The molecule has 0 fully saturated rings. The number of aromatic nitrogens is 1. The first kappa shape index (κ1) is 4.78. The van der Waals surface area contributed by atoms with Crippen LogP contribution in [-0.2, 0) is 0 Å². The molecule has 0 N–H and O–H groups in total. The number of hydrogen-bond acceptors (Lipinski definition) is 2. The average molecular weight is 113 g/mol. The minimum absolute atomic E-state index is 1.13. The third-order valence-electron chi connectivity index (χ3n) is 0.746. The van der Waals surface area contributed by atoms with Crippen LogP contribution in [0.3, 0.4) is 0 Å². The summed E-state index contributed by atoms with van der Waals surface area (Å²) in [6.07, 6.45) is 0. The normalized spacial score (nSPS) is 9.43. The van der Waals surface area contributed by atoms with E-state index in [-0.39, 0.29) is 0 Å². The molecule has 0 saturated heterocycles. The van der Waals surface area contributed by atoms with Crippen molar-refractivity contribution >= 4 is 11.5 Å². The van der Waals surface area contributed by atoms with Crippen LogP contribution in [0.1, 0.15) is 10.6 Å². The highest BCUT2D eigenvalue weighted by molar-refractivity contribution is 7.05. The molecule has 0 aliphatic carbocycles. The van der Waals surface area contributed by atoms with Crippen molar-refractivity contribution in [3.63, 3.8) is 0 Å². The minimum Gasteiger partial charge on any atom is -0.198 e. The molecule has 0 saturated carbocycles. The molecule has 1 heterocycles. The monoisotopic (exact) mass is 113 g/mol. The summed E-state index contributed by atoms with van der Waals surface area (Å²) in [5.74, 6) is 0. The van der Waals surface area contributed by atoms with Crippen molar-refractivity contribution in [1.82, 2.24) is 4.37 Å². The topological polar surface area (TPSA) is 12.9 Å². The van der Waals surface area contributed by atoms with Gasteiger partial charge >= 0.3 is 0 Å². The second kappa shape index (κ2) is 1.62. The molecule has 38 valence electrons. The molecule has 2 heteroatoms. The second-order valence-electron chi connectivity index (χ2n) is 1.58. The molecular weight excluding hydrogens is 106 g/mol. The highest BCUT2D eigenvalue weighted by Crippen LogP contribution is 2.04. The molecule has 1 nitrogen and oxygen atoms in total. The number of rotatable bonds is 0. The summed E-state index contributed by atoms with van der Waals surface area (Å²) >= 11 is 1.55. The zero-order valence-corrected chi connectivity index (χ0v) is 5.25.